The van der Waals surface area contributed by atoms with E-state index in [1.807, 2.05) is 86.7 Å². The van der Waals surface area contributed by atoms with E-state index in [0.717, 1.165) is 23.6 Å². The fraction of sp³-hybridized carbons (Fsp3) is 0.643. The van der Waals surface area contributed by atoms with Gasteiger partial charge in [-0.25, -0.2) is 25.6 Å². The Balaban J connectivity index is 0.000000221. The molecule has 4 saturated carbocycles. The van der Waals surface area contributed by atoms with Crippen LogP contribution in [0, 0.1) is 58.2 Å². The molecule has 0 unspecified atom stereocenters. The van der Waals surface area contributed by atoms with Gasteiger partial charge < -0.3 is 38.2 Å². The number of allylic oxidation sites excluding steroid dienone is 4. The van der Waals surface area contributed by atoms with E-state index in [-0.39, 0.29) is 137 Å². The number of benzene rings is 2. The van der Waals surface area contributed by atoms with E-state index in [4.69, 9.17) is 28.4 Å². The van der Waals surface area contributed by atoms with E-state index in [2.05, 4.69) is 33.3 Å². The fourth-order valence-electron chi connectivity index (χ4n) is 17.1. The average Bonchev–Trinajstić information content (AvgIpc) is 1.57. The SMILES string of the molecule is CC[C@@H]1C[C@@H](C)CC/C=C\[C@@H]2C[C@@]2(C(=O)NS(=O)(=O)C2(CF)CC2)CC(=O)[C@@H]2C[C@@H](Oc3nc(OC)cc4ccccc34)CN2C(=O)[C@H]1CC(=O)OC(C)(C)C.CC[C@@H]1C[C@H](C)CC/C=C\[C@@H]2C[C@@]2(C(=O)NS(=O)(=O)C2(CF)CC2)CC(=O)[C@@H]2C[C@@H](Oc3nc(OC)cc4ccccc34)CN2C(=O)[C@H]1CC(=O)OC(C)(C)C. The largest absolute Gasteiger partial charge is 0.481 e. The van der Waals surface area contributed by atoms with Gasteiger partial charge in [0.2, 0.25) is 67.2 Å². The fourth-order valence-corrected chi connectivity index (χ4v) is 20.0. The molecule has 24 nitrogen and oxygen atoms in total. The summed E-state index contributed by atoms with van der Waals surface area (Å²) in [6.07, 6.45) is 11.8. The number of methoxy groups -OCH3 is 2. The van der Waals surface area contributed by atoms with E-state index in [9.17, 15) is 54.4 Å². The normalized spacial score (nSPS) is 29.9. The first-order valence-corrected chi connectivity index (χ1v) is 42.8. The molecule has 12 rings (SSSR count). The predicted octanol–water partition coefficient (Wildman–Crippen LogP) is 12.5. The number of carbonyl (C=O) groups excluding carboxylic acids is 8. The molecule has 0 bridgehead atoms. The zero-order valence-corrected chi connectivity index (χ0v) is 68.3. The average molecular weight is 1600 g/mol. The Labute approximate surface area is 656 Å². The third-order valence-electron chi connectivity index (χ3n) is 24.3. The zero-order valence-electron chi connectivity index (χ0n) is 66.7. The predicted molar refractivity (Wildman–Crippen MR) is 416 cm³/mol. The number of nitrogens with one attached hydrogen (secondary N) is 2. The van der Waals surface area contributed by atoms with E-state index >= 15 is 9.59 Å². The number of ether oxygens (including phenoxy) is 6. The minimum absolute atomic E-state index is 0.00912. The number of Topliss-reactive ketones (excluding diaryl/α,β-unsaturated/α-hetero) is 2. The number of hydrogen-bond acceptors (Lipinski definition) is 20. The van der Waals surface area contributed by atoms with Crippen LogP contribution in [0.1, 0.15) is 198 Å². The van der Waals surface area contributed by atoms with Crippen molar-refractivity contribution in [2.75, 3.05) is 40.7 Å². The lowest BCUT2D eigenvalue weighted by molar-refractivity contribution is -0.160. The second-order valence-corrected chi connectivity index (χ2v) is 39.0. The van der Waals surface area contributed by atoms with Crippen molar-refractivity contribution in [1.29, 1.82) is 0 Å². The highest BCUT2D eigenvalue weighted by Crippen LogP contribution is 2.60. The molecule has 0 spiro atoms. The summed E-state index contributed by atoms with van der Waals surface area (Å²) in [5.74, 6) is -5.54. The van der Waals surface area contributed by atoms with Gasteiger partial charge in [-0.1, -0.05) is 101 Å². The first-order valence-electron chi connectivity index (χ1n) is 39.8. The minimum atomic E-state index is -4.34. The van der Waals surface area contributed by atoms with Crippen LogP contribution < -0.4 is 28.4 Å². The van der Waals surface area contributed by atoms with Gasteiger partial charge >= 0.3 is 11.9 Å². The van der Waals surface area contributed by atoms with Crippen molar-refractivity contribution in [2.24, 2.45) is 58.2 Å². The Bertz CT molecular complexity index is 4230. The molecule has 6 fully saturated rings. The number of sulfonamides is 2. The summed E-state index contributed by atoms with van der Waals surface area (Å²) in [5.41, 5.74) is -4.32. The van der Waals surface area contributed by atoms with Gasteiger partial charge in [-0.2, -0.15) is 9.97 Å². The molecule has 4 aromatic rings. The topological polar surface area (TPSA) is 317 Å². The molecule has 0 radical (unpaired) electrons. The van der Waals surface area contributed by atoms with Gasteiger partial charge in [0.25, 0.3) is 0 Å². The number of nitrogens with zero attached hydrogens (tertiary/aromatic N) is 4. The first-order chi connectivity index (χ1) is 52.9. The standard InChI is InChI=1S/2C42H56FN3O9S/c2*1-7-27-18-26(2)12-8-10-14-29-22-42(29,39(50)45-56(51,52)41(25-43)16-17-41)23-34(47)33-20-30(24-46(33)38(49)32(27)21-36(48)55-40(3,4)5)54-37-31-15-11-9-13-28(31)19-35(44-37)53-6/h2*9-11,13-15,19,26-27,29-30,32-33H,7-8,12,16-18,20-25H2,1-6H3,(H,45,50)/b2*14-10-/t26-,27+,29+,30+,32-,33-,42+;26-,27-,29-,30-,32+,33+,42-/m01/s1. The molecule has 4 amide bonds. The Morgan fingerprint density at radius 1 is 0.562 bits per heavy atom. The monoisotopic (exact) mass is 1590 g/mol. The van der Waals surface area contributed by atoms with Crippen LogP contribution in [0.5, 0.6) is 23.5 Å². The molecule has 112 heavy (non-hydrogen) atoms. The number of pyridine rings is 2. The van der Waals surface area contributed by atoms with Gasteiger partial charge in [-0.05, 0) is 177 Å². The van der Waals surface area contributed by atoms with Crippen LogP contribution in [0.15, 0.2) is 85.0 Å². The number of alkyl halides is 2. The summed E-state index contributed by atoms with van der Waals surface area (Å²) < 4.78 is 117. The highest BCUT2D eigenvalue weighted by atomic mass is 32.2. The molecule has 2 aromatic heterocycles. The summed E-state index contributed by atoms with van der Waals surface area (Å²) in [6, 6.07) is 16.5. The van der Waals surface area contributed by atoms with Crippen LogP contribution in [0.2, 0.25) is 0 Å². The number of fused-ring (bicyclic) bond motifs is 6. The van der Waals surface area contributed by atoms with Crippen LogP contribution in [0.4, 0.5) is 8.78 Å². The number of amides is 4. The lowest BCUT2D eigenvalue weighted by atomic mass is 9.79. The number of halogens is 2. The highest BCUT2D eigenvalue weighted by molar-refractivity contribution is 7.92. The van der Waals surface area contributed by atoms with Crippen LogP contribution in [-0.2, 0) is 67.9 Å². The van der Waals surface area contributed by atoms with Gasteiger partial charge in [0.1, 0.15) is 46.3 Å². The number of rotatable bonds is 20. The van der Waals surface area contributed by atoms with Crippen molar-refractivity contribution >= 4 is 88.7 Å². The molecule has 2 saturated heterocycles. The molecule has 28 heteroatoms. The molecule has 4 aliphatic carbocycles. The van der Waals surface area contributed by atoms with E-state index in [0.29, 0.717) is 61.1 Å². The molecule has 4 aliphatic heterocycles. The lowest BCUT2D eigenvalue weighted by Gasteiger charge is -2.33. The Morgan fingerprint density at radius 2 is 0.929 bits per heavy atom. The molecular weight excluding hydrogens is 1480 g/mol. The minimum Gasteiger partial charge on any atom is -0.481 e. The number of hydrogen-bond donors (Lipinski definition) is 2. The Kier molecular flexibility index (Phi) is 25.5. The van der Waals surface area contributed by atoms with Crippen LogP contribution in [0.25, 0.3) is 21.5 Å². The smallest absolute Gasteiger partial charge is 0.307 e. The second kappa shape index (κ2) is 33.7. The maximum Gasteiger partial charge on any atom is 0.307 e. The van der Waals surface area contributed by atoms with Crippen molar-refractivity contribution in [3.8, 4) is 23.5 Å². The summed E-state index contributed by atoms with van der Waals surface area (Å²) in [4.78, 5) is 126. The van der Waals surface area contributed by atoms with Gasteiger partial charge in [0.15, 0.2) is 11.6 Å². The molecule has 2 N–H and O–H groups in total. The van der Waals surface area contributed by atoms with E-state index in [1.54, 1.807) is 53.7 Å². The maximum absolute atomic E-state index is 15.0. The first kappa shape index (κ1) is 84.8. The molecule has 2 aromatic carbocycles. The summed E-state index contributed by atoms with van der Waals surface area (Å²) in [5, 5.41) is 3.07. The highest BCUT2D eigenvalue weighted by Gasteiger charge is 2.66. The molecule has 8 aliphatic rings. The molecule has 612 valence electrons. The van der Waals surface area contributed by atoms with Gasteiger partial charge in [-0.15, -0.1) is 0 Å². The quantitative estimate of drug-likeness (QED) is 0.0613. The van der Waals surface area contributed by atoms with Gasteiger partial charge in [0.05, 0.1) is 74.9 Å². The van der Waals surface area contributed by atoms with Crippen molar-refractivity contribution in [2.45, 2.75) is 243 Å². The summed E-state index contributed by atoms with van der Waals surface area (Å²) >= 11 is 0. The van der Waals surface area contributed by atoms with E-state index < -0.39 is 148 Å². The molecular formula is C84H112F2N6O18S2. The Hall–Kier alpha value is -8.14. The van der Waals surface area contributed by atoms with Crippen molar-refractivity contribution in [3.63, 3.8) is 0 Å². The van der Waals surface area contributed by atoms with Gasteiger partial charge in [-0.3, -0.25) is 47.8 Å². The van der Waals surface area contributed by atoms with Crippen molar-refractivity contribution in [3.05, 3.63) is 85.0 Å². The lowest BCUT2D eigenvalue weighted by Crippen LogP contribution is -2.48. The molecule has 6 heterocycles. The van der Waals surface area contributed by atoms with Crippen LogP contribution >= 0.6 is 0 Å². The Morgan fingerprint density at radius 3 is 1.26 bits per heavy atom. The van der Waals surface area contributed by atoms with Gasteiger partial charge in [0, 0.05) is 48.6 Å². The number of ketones is 2. The van der Waals surface area contributed by atoms with Crippen molar-refractivity contribution in [1.82, 2.24) is 29.2 Å². The van der Waals surface area contributed by atoms with E-state index in [1.165, 1.54) is 24.0 Å². The number of esters is 2. The maximum atomic E-state index is 15.0. The number of carbonyl (C=O) groups is 8. The molecule has 14 atom stereocenters. The third kappa shape index (κ3) is 18.9. The van der Waals surface area contributed by atoms with Crippen LogP contribution in [-0.4, -0.2) is 169 Å². The second-order valence-electron chi connectivity index (χ2n) is 34.9. The summed E-state index contributed by atoms with van der Waals surface area (Å²) in [7, 11) is -5.68. The van der Waals surface area contributed by atoms with Crippen molar-refractivity contribution < 1.29 is 92.4 Å². The zero-order chi connectivity index (χ0) is 81.3. The van der Waals surface area contributed by atoms with Crippen LogP contribution in [0.3, 0.4) is 0 Å². The third-order valence-corrected chi connectivity index (χ3v) is 28.5. The summed E-state index contributed by atoms with van der Waals surface area (Å²) in [6.45, 7) is 16.7. The number of aromatic nitrogens is 2.